The first-order chi connectivity index (χ1) is 14.9. The number of halogens is 1. The van der Waals surface area contributed by atoms with Crippen molar-refractivity contribution in [2.75, 3.05) is 17.7 Å². The number of carbonyl (C=O) groups excluding carboxylic acids is 1. The second-order valence-corrected chi connectivity index (χ2v) is 8.35. The van der Waals surface area contributed by atoms with E-state index in [0.29, 0.717) is 29.9 Å². The van der Waals surface area contributed by atoms with Crippen LogP contribution in [0.4, 0.5) is 15.9 Å². The first kappa shape index (κ1) is 21.0. The van der Waals surface area contributed by atoms with Crippen molar-refractivity contribution < 1.29 is 9.18 Å². The van der Waals surface area contributed by atoms with Crippen molar-refractivity contribution in [1.82, 2.24) is 4.98 Å². The van der Waals surface area contributed by atoms with Crippen molar-refractivity contribution in [3.63, 3.8) is 0 Å². The van der Waals surface area contributed by atoms with E-state index in [0.717, 1.165) is 36.0 Å². The zero-order chi connectivity index (χ0) is 22.0. The highest BCUT2D eigenvalue weighted by molar-refractivity contribution is 5.96. The summed E-state index contributed by atoms with van der Waals surface area (Å²) in [4.78, 5) is 18.7. The Labute approximate surface area is 182 Å². The molecule has 1 heterocycles. The lowest BCUT2D eigenvalue weighted by molar-refractivity contribution is 0.0983. The summed E-state index contributed by atoms with van der Waals surface area (Å²) in [7, 11) is 1.98. The van der Waals surface area contributed by atoms with Gasteiger partial charge in [0.25, 0.3) is 0 Å². The predicted octanol–water partition coefficient (Wildman–Crippen LogP) is 5.66. The zero-order valence-corrected chi connectivity index (χ0v) is 18.1. The van der Waals surface area contributed by atoms with E-state index < -0.39 is 0 Å². The van der Waals surface area contributed by atoms with Crippen molar-refractivity contribution in [3.05, 3.63) is 77.7 Å². The molecule has 2 N–H and O–H groups in total. The van der Waals surface area contributed by atoms with Crippen LogP contribution in [0.3, 0.4) is 0 Å². The monoisotopic (exact) mass is 417 g/mol. The molecule has 0 radical (unpaired) electrons. The highest BCUT2D eigenvalue weighted by Crippen LogP contribution is 2.46. The van der Waals surface area contributed by atoms with Gasteiger partial charge in [-0.05, 0) is 60.6 Å². The smallest absolute Gasteiger partial charge is 0.163 e. The van der Waals surface area contributed by atoms with Crippen molar-refractivity contribution >= 4 is 17.3 Å². The van der Waals surface area contributed by atoms with E-state index in [1.165, 1.54) is 0 Å². The van der Waals surface area contributed by atoms with Gasteiger partial charge in [-0.2, -0.15) is 0 Å². The number of anilines is 2. The number of nitrogen functional groups attached to an aromatic ring is 1. The highest BCUT2D eigenvalue weighted by Gasteiger charge is 2.45. The molecule has 5 heteroatoms. The van der Waals surface area contributed by atoms with Gasteiger partial charge in [-0.15, -0.1) is 0 Å². The van der Waals surface area contributed by atoms with Gasteiger partial charge in [-0.1, -0.05) is 43.3 Å². The molecular weight excluding hydrogens is 389 g/mol. The summed E-state index contributed by atoms with van der Waals surface area (Å²) in [5.74, 6) is 0.300. The lowest BCUT2D eigenvalue weighted by Crippen LogP contribution is -2.33. The third-order valence-electron chi connectivity index (χ3n) is 6.59. The molecule has 1 saturated carbocycles. The van der Waals surface area contributed by atoms with Gasteiger partial charge in [0.15, 0.2) is 5.78 Å². The molecule has 0 aliphatic heterocycles. The number of Topliss-reactive ketones (excluding diaryl/α,β-unsaturated/α-hetero) is 1. The SMILES string of the molecule is CCC1(N(C)c2ccc(-c3ccc(C(=O)CCc4cccnc4N)cc3)cc2F)CC1. The Bertz CT molecular complexity index is 1090. The number of pyridine rings is 1. The Morgan fingerprint density at radius 1 is 1.13 bits per heavy atom. The summed E-state index contributed by atoms with van der Waals surface area (Å²) in [6.45, 7) is 2.16. The van der Waals surface area contributed by atoms with Gasteiger partial charge in [-0.25, -0.2) is 9.37 Å². The standard InChI is InChI=1S/C26H28FN3O/c1-3-26(14-15-26)30(2)23-12-10-21(17-22(23)27)18-6-8-19(9-7-18)24(31)13-11-20-5-4-16-29-25(20)28/h4-10,12,16-17H,3,11,13-15H2,1-2H3,(H2,28,29). The number of ketones is 1. The molecular formula is C26H28FN3O. The number of hydrogen-bond donors (Lipinski definition) is 1. The van der Waals surface area contributed by atoms with Crippen molar-refractivity contribution in [3.8, 4) is 11.1 Å². The molecule has 1 fully saturated rings. The van der Waals surface area contributed by atoms with Crippen LogP contribution in [0, 0.1) is 5.82 Å². The fourth-order valence-corrected chi connectivity index (χ4v) is 4.19. The molecule has 4 rings (SSSR count). The average Bonchev–Trinajstić information content (AvgIpc) is 3.59. The number of hydrogen-bond acceptors (Lipinski definition) is 4. The molecule has 0 atom stereocenters. The second-order valence-electron chi connectivity index (χ2n) is 8.35. The van der Waals surface area contributed by atoms with Crippen molar-refractivity contribution in [1.29, 1.82) is 0 Å². The fraction of sp³-hybridized carbons (Fsp3) is 0.308. The Kier molecular flexibility index (Phi) is 5.77. The summed E-state index contributed by atoms with van der Waals surface area (Å²) in [5, 5.41) is 0. The van der Waals surface area contributed by atoms with E-state index in [2.05, 4.69) is 16.8 Å². The maximum atomic E-state index is 14.9. The molecule has 2 aromatic carbocycles. The second kappa shape index (κ2) is 8.50. The highest BCUT2D eigenvalue weighted by atomic mass is 19.1. The van der Waals surface area contributed by atoms with Crippen LogP contribution in [0.15, 0.2) is 60.8 Å². The molecule has 160 valence electrons. The average molecular weight is 418 g/mol. The van der Waals surface area contributed by atoms with E-state index in [4.69, 9.17) is 5.73 Å². The number of carbonyl (C=O) groups is 1. The van der Waals surface area contributed by atoms with Gasteiger partial charge in [0.2, 0.25) is 0 Å². The molecule has 1 aliphatic carbocycles. The zero-order valence-electron chi connectivity index (χ0n) is 18.1. The molecule has 31 heavy (non-hydrogen) atoms. The third kappa shape index (κ3) is 4.31. The van der Waals surface area contributed by atoms with Crippen LogP contribution in [0.5, 0.6) is 0 Å². The molecule has 4 nitrogen and oxygen atoms in total. The predicted molar refractivity (Wildman–Crippen MR) is 124 cm³/mol. The largest absolute Gasteiger partial charge is 0.383 e. The summed E-state index contributed by atoms with van der Waals surface area (Å²) < 4.78 is 14.9. The fourth-order valence-electron chi connectivity index (χ4n) is 4.19. The topological polar surface area (TPSA) is 59.2 Å². The molecule has 0 saturated heterocycles. The number of nitrogens with zero attached hydrogens (tertiary/aromatic N) is 2. The van der Waals surface area contributed by atoms with Crippen LogP contribution in [0.2, 0.25) is 0 Å². The molecule has 3 aromatic rings. The Balaban J connectivity index is 1.45. The Morgan fingerprint density at radius 2 is 1.84 bits per heavy atom. The van der Waals surface area contributed by atoms with Crippen LogP contribution in [0.25, 0.3) is 11.1 Å². The first-order valence-electron chi connectivity index (χ1n) is 10.8. The van der Waals surface area contributed by atoms with E-state index in [-0.39, 0.29) is 17.1 Å². The molecule has 0 amide bonds. The lowest BCUT2D eigenvalue weighted by Gasteiger charge is -2.29. The van der Waals surface area contributed by atoms with Crippen LogP contribution in [0.1, 0.15) is 48.5 Å². The Morgan fingerprint density at radius 3 is 2.45 bits per heavy atom. The van der Waals surface area contributed by atoms with Gasteiger partial charge in [0.1, 0.15) is 11.6 Å². The third-order valence-corrected chi connectivity index (χ3v) is 6.59. The molecule has 1 aromatic heterocycles. The molecule has 0 bridgehead atoms. The number of nitrogens with two attached hydrogens (primary N) is 1. The van der Waals surface area contributed by atoms with Gasteiger partial charge < -0.3 is 10.6 Å². The van der Waals surface area contributed by atoms with Crippen LogP contribution in [-0.4, -0.2) is 23.4 Å². The minimum Gasteiger partial charge on any atom is -0.383 e. The summed E-state index contributed by atoms with van der Waals surface area (Å²) in [5.41, 5.74) is 9.82. The quantitative estimate of drug-likeness (QED) is 0.480. The van der Waals surface area contributed by atoms with Crippen LogP contribution < -0.4 is 10.6 Å². The van der Waals surface area contributed by atoms with Gasteiger partial charge in [0, 0.05) is 30.8 Å². The van der Waals surface area contributed by atoms with Gasteiger partial charge in [-0.3, -0.25) is 4.79 Å². The Hall–Kier alpha value is -3.21. The maximum absolute atomic E-state index is 14.9. The number of aryl methyl sites for hydroxylation is 1. The summed E-state index contributed by atoms with van der Waals surface area (Å²) in [6.07, 6.45) is 5.81. The number of rotatable bonds is 8. The number of benzene rings is 2. The molecule has 0 spiro atoms. The molecule has 1 aliphatic rings. The molecule has 0 unspecified atom stereocenters. The lowest BCUT2D eigenvalue weighted by atomic mass is 9.99. The minimum absolute atomic E-state index is 0.0484. The maximum Gasteiger partial charge on any atom is 0.163 e. The normalized spacial score (nSPS) is 14.3. The van der Waals surface area contributed by atoms with Crippen molar-refractivity contribution in [2.24, 2.45) is 0 Å². The van der Waals surface area contributed by atoms with E-state index in [9.17, 15) is 9.18 Å². The number of aromatic nitrogens is 1. The minimum atomic E-state index is -0.214. The van der Waals surface area contributed by atoms with Gasteiger partial charge in [0.05, 0.1) is 5.69 Å². The van der Waals surface area contributed by atoms with Crippen molar-refractivity contribution in [2.45, 2.75) is 44.6 Å². The van der Waals surface area contributed by atoms with Gasteiger partial charge >= 0.3 is 0 Å². The van der Waals surface area contributed by atoms with E-state index in [1.807, 2.05) is 43.4 Å². The van der Waals surface area contributed by atoms with E-state index >= 15 is 0 Å². The summed E-state index contributed by atoms with van der Waals surface area (Å²) >= 11 is 0. The van der Waals surface area contributed by atoms with Crippen LogP contribution in [-0.2, 0) is 6.42 Å². The first-order valence-corrected chi connectivity index (χ1v) is 10.8. The van der Waals surface area contributed by atoms with E-state index in [1.54, 1.807) is 24.4 Å². The van der Waals surface area contributed by atoms with Crippen LogP contribution >= 0.6 is 0 Å². The summed E-state index contributed by atoms with van der Waals surface area (Å²) in [6, 6.07) is 16.5.